The SMILES string of the molecule is CCOc1cc(C=Nc2nc(-c3ccc(Cl)cc3)c(-c3ccc([N+](=O)[O-])cc3)s2)ccc1O. The molecule has 4 aromatic rings. The van der Waals surface area contributed by atoms with E-state index in [2.05, 4.69) is 4.99 Å². The molecular weight excluding hydrogens is 462 g/mol. The molecule has 0 aliphatic heterocycles. The number of halogens is 1. The summed E-state index contributed by atoms with van der Waals surface area (Å²) < 4.78 is 5.42. The third-order valence-electron chi connectivity index (χ3n) is 4.68. The molecule has 0 bridgehead atoms. The van der Waals surface area contributed by atoms with Crippen LogP contribution in [0.25, 0.3) is 21.7 Å². The average Bonchev–Trinajstić information content (AvgIpc) is 3.24. The molecular formula is C24H18ClN3O4S. The first kappa shape index (κ1) is 22.4. The highest BCUT2D eigenvalue weighted by molar-refractivity contribution is 7.19. The number of aromatic hydroxyl groups is 1. The van der Waals surface area contributed by atoms with Gasteiger partial charge in [-0.2, -0.15) is 0 Å². The molecule has 0 aliphatic rings. The van der Waals surface area contributed by atoms with E-state index in [-0.39, 0.29) is 11.4 Å². The average molecular weight is 480 g/mol. The summed E-state index contributed by atoms with van der Waals surface area (Å²) in [6, 6.07) is 18.6. The van der Waals surface area contributed by atoms with Gasteiger partial charge >= 0.3 is 0 Å². The molecule has 0 aliphatic carbocycles. The van der Waals surface area contributed by atoms with E-state index in [1.165, 1.54) is 23.5 Å². The molecule has 166 valence electrons. The third-order valence-corrected chi connectivity index (χ3v) is 5.95. The molecule has 9 heteroatoms. The fraction of sp³-hybridized carbons (Fsp3) is 0.0833. The van der Waals surface area contributed by atoms with Crippen molar-refractivity contribution in [3.05, 3.63) is 87.4 Å². The van der Waals surface area contributed by atoms with Crippen molar-refractivity contribution >= 4 is 40.0 Å². The van der Waals surface area contributed by atoms with Crippen molar-refractivity contribution in [3.8, 4) is 33.2 Å². The van der Waals surface area contributed by atoms with E-state index in [1.807, 2.05) is 19.1 Å². The molecule has 0 saturated carbocycles. The van der Waals surface area contributed by atoms with Gasteiger partial charge in [0.05, 0.1) is 22.1 Å². The Hall–Kier alpha value is -3.75. The summed E-state index contributed by atoms with van der Waals surface area (Å²) in [4.78, 5) is 20.6. The lowest BCUT2D eigenvalue weighted by Crippen LogP contribution is -1.93. The molecule has 0 amide bonds. The van der Waals surface area contributed by atoms with E-state index >= 15 is 0 Å². The normalized spacial score (nSPS) is 11.1. The Morgan fingerprint density at radius 1 is 1.12 bits per heavy atom. The summed E-state index contributed by atoms with van der Waals surface area (Å²) >= 11 is 7.41. The summed E-state index contributed by atoms with van der Waals surface area (Å²) in [6.07, 6.45) is 1.64. The number of ether oxygens (including phenoxy) is 1. The van der Waals surface area contributed by atoms with Crippen molar-refractivity contribution in [2.75, 3.05) is 6.61 Å². The molecule has 0 fully saturated rings. The zero-order valence-electron chi connectivity index (χ0n) is 17.4. The quantitative estimate of drug-likeness (QED) is 0.177. The second kappa shape index (κ2) is 9.81. The van der Waals surface area contributed by atoms with Crippen molar-refractivity contribution < 1.29 is 14.8 Å². The van der Waals surface area contributed by atoms with Gasteiger partial charge in [-0.05, 0) is 60.5 Å². The Labute approximate surface area is 198 Å². The van der Waals surface area contributed by atoms with Crippen LogP contribution in [-0.4, -0.2) is 27.8 Å². The first-order valence-electron chi connectivity index (χ1n) is 9.96. The lowest BCUT2D eigenvalue weighted by molar-refractivity contribution is -0.384. The number of phenolic OH excluding ortho intramolecular Hbond substituents is 1. The number of phenols is 1. The van der Waals surface area contributed by atoms with Gasteiger partial charge in [0, 0.05) is 28.9 Å². The second-order valence-electron chi connectivity index (χ2n) is 6.90. The van der Waals surface area contributed by atoms with Gasteiger partial charge in [0.1, 0.15) is 0 Å². The van der Waals surface area contributed by atoms with Crippen molar-refractivity contribution in [2.45, 2.75) is 6.92 Å². The van der Waals surface area contributed by atoms with E-state index in [0.717, 1.165) is 21.6 Å². The van der Waals surface area contributed by atoms with Crippen LogP contribution >= 0.6 is 22.9 Å². The molecule has 0 unspecified atom stereocenters. The zero-order valence-corrected chi connectivity index (χ0v) is 19.0. The Morgan fingerprint density at radius 3 is 2.48 bits per heavy atom. The van der Waals surface area contributed by atoms with Crippen molar-refractivity contribution in [1.82, 2.24) is 4.98 Å². The van der Waals surface area contributed by atoms with Gasteiger partial charge in [0.2, 0.25) is 5.13 Å². The van der Waals surface area contributed by atoms with E-state index in [9.17, 15) is 15.2 Å². The van der Waals surface area contributed by atoms with Gasteiger partial charge in [-0.3, -0.25) is 10.1 Å². The summed E-state index contributed by atoms with van der Waals surface area (Å²) in [5.74, 6) is 0.447. The van der Waals surface area contributed by atoms with Gasteiger partial charge in [0.15, 0.2) is 11.5 Å². The lowest BCUT2D eigenvalue weighted by atomic mass is 10.1. The Bertz CT molecular complexity index is 1320. The van der Waals surface area contributed by atoms with Crippen LogP contribution < -0.4 is 4.74 Å². The number of thiazole rings is 1. The minimum absolute atomic E-state index is 0.0204. The van der Waals surface area contributed by atoms with Gasteiger partial charge < -0.3 is 9.84 Å². The van der Waals surface area contributed by atoms with Crippen molar-refractivity contribution in [2.24, 2.45) is 4.99 Å². The maximum Gasteiger partial charge on any atom is 0.269 e. The number of aliphatic imine (C=N–C) groups is 1. The number of rotatable bonds is 7. The van der Waals surface area contributed by atoms with E-state index < -0.39 is 4.92 Å². The fourth-order valence-electron chi connectivity index (χ4n) is 3.11. The monoisotopic (exact) mass is 479 g/mol. The number of hydrogen-bond acceptors (Lipinski definition) is 7. The zero-order chi connectivity index (χ0) is 23.4. The fourth-order valence-corrected chi connectivity index (χ4v) is 4.17. The summed E-state index contributed by atoms with van der Waals surface area (Å²) in [5.41, 5.74) is 3.13. The van der Waals surface area contributed by atoms with E-state index in [0.29, 0.717) is 28.2 Å². The summed E-state index contributed by atoms with van der Waals surface area (Å²) in [5, 5.41) is 22.0. The number of benzene rings is 3. The highest BCUT2D eigenvalue weighted by Gasteiger charge is 2.16. The molecule has 1 N–H and O–H groups in total. The highest BCUT2D eigenvalue weighted by Crippen LogP contribution is 2.41. The molecule has 3 aromatic carbocycles. The topological polar surface area (TPSA) is 97.9 Å². The number of nitrogens with zero attached hydrogens (tertiary/aromatic N) is 3. The standard InChI is InChI=1S/C24H18ClN3O4S/c1-2-32-21-13-15(3-12-20(21)29)14-26-24-27-22(16-4-8-18(25)9-5-16)23(33-24)17-6-10-19(11-7-17)28(30)31/h3-14,29H,2H2,1H3. The van der Waals surface area contributed by atoms with E-state index in [4.69, 9.17) is 21.3 Å². The molecule has 1 aromatic heterocycles. The molecule has 33 heavy (non-hydrogen) atoms. The molecule has 1 heterocycles. The van der Waals surface area contributed by atoms with Gasteiger partial charge in [-0.25, -0.2) is 9.98 Å². The third kappa shape index (κ3) is 5.19. The minimum Gasteiger partial charge on any atom is -0.504 e. The largest absolute Gasteiger partial charge is 0.504 e. The molecule has 4 rings (SSSR count). The van der Waals surface area contributed by atoms with Gasteiger partial charge in [-0.15, -0.1) is 0 Å². The molecule has 0 saturated heterocycles. The van der Waals surface area contributed by atoms with E-state index in [1.54, 1.807) is 48.7 Å². The predicted molar refractivity (Wildman–Crippen MR) is 131 cm³/mol. The number of nitro benzene ring substituents is 1. The summed E-state index contributed by atoms with van der Waals surface area (Å²) in [7, 11) is 0. The maximum atomic E-state index is 11.0. The first-order chi connectivity index (χ1) is 15.9. The molecule has 0 spiro atoms. The Morgan fingerprint density at radius 2 is 1.82 bits per heavy atom. The van der Waals surface area contributed by atoms with Crippen LogP contribution in [0, 0.1) is 10.1 Å². The predicted octanol–water partition coefficient (Wildman–Crippen LogP) is 6.89. The van der Waals surface area contributed by atoms with Crippen LogP contribution in [0.1, 0.15) is 12.5 Å². The number of hydrogen-bond donors (Lipinski definition) is 1. The first-order valence-corrected chi connectivity index (χ1v) is 11.2. The molecule has 0 radical (unpaired) electrons. The number of nitro groups is 1. The smallest absolute Gasteiger partial charge is 0.269 e. The van der Waals surface area contributed by atoms with Crippen LogP contribution in [0.15, 0.2) is 71.7 Å². The maximum absolute atomic E-state index is 11.0. The number of non-ortho nitro benzene ring substituents is 1. The Kier molecular flexibility index (Phi) is 6.67. The van der Waals surface area contributed by atoms with Crippen LogP contribution in [0.3, 0.4) is 0 Å². The lowest BCUT2D eigenvalue weighted by Gasteiger charge is -2.05. The van der Waals surface area contributed by atoms with Crippen LogP contribution in [0.5, 0.6) is 11.5 Å². The van der Waals surface area contributed by atoms with Gasteiger partial charge in [-0.1, -0.05) is 35.1 Å². The highest BCUT2D eigenvalue weighted by atomic mass is 35.5. The molecule has 0 atom stereocenters. The summed E-state index contributed by atoms with van der Waals surface area (Å²) in [6.45, 7) is 2.28. The Balaban J connectivity index is 1.73. The van der Waals surface area contributed by atoms with Gasteiger partial charge in [0.25, 0.3) is 5.69 Å². The van der Waals surface area contributed by atoms with Crippen molar-refractivity contribution in [3.63, 3.8) is 0 Å². The molecule has 7 nitrogen and oxygen atoms in total. The van der Waals surface area contributed by atoms with Crippen LogP contribution in [0.2, 0.25) is 5.02 Å². The van der Waals surface area contributed by atoms with Crippen LogP contribution in [0.4, 0.5) is 10.8 Å². The van der Waals surface area contributed by atoms with Crippen LogP contribution in [-0.2, 0) is 0 Å². The minimum atomic E-state index is -0.430. The second-order valence-corrected chi connectivity index (χ2v) is 8.32. The van der Waals surface area contributed by atoms with Crippen molar-refractivity contribution in [1.29, 1.82) is 0 Å². The number of aromatic nitrogens is 1.